The van der Waals surface area contributed by atoms with E-state index in [1.807, 2.05) is 18.2 Å². The zero-order valence-corrected chi connectivity index (χ0v) is 8.55. The summed E-state index contributed by atoms with van der Waals surface area (Å²) in [5, 5.41) is 0.771. The first-order chi connectivity index (χ1) is 6.72. The summed E-state index contributed by atoms with van der Waals surface area (Å²) >= 11 is 5.98. The van der Waals surface area contributed by atoms with Gasteiger partial charge in [0.2, 0.25) is 0 Å². The zero-order valence-electron chi connectivity index (χ0n) is 7.79. The molecule has 0 radical (unpaired) electrons. The van der Waals surface area contributed by atoms with Crippen LogP contribution in [0.3, 0.4) is 0 Å². The molecule has 1 aliphatic heterocycles. The molecule has 1 aliphatic carbocycles. The van der Waals surface area contributed by atoms with Crippen LogP contribution in [0, 0.1) is 0 Å². The Morgan fingerprint density at radius 1 is 1.50 bits per heavy atom. The number of hydrogen-bond acceptors (Lipinski definition) is 2. The van der Waals surface area contributed by atoms with E-state index in [4.69, 9.17) is 22.1 Å². The van der Waals surface area contributed by atoms with Crippen LogP contribution in [0.1, 0.15) is 18.4 Å². The molecule has 3 heteroatoms. The first kappa shape index (κ1) is 8.57. The van der Waals surface area contributed by atoms with E-state index in [9.17, 15) is 0 Å². The Kier molecular flexibility index (Phi) is 1.62. The molecule has 2 nitrogen and oxygen atoms in total. The van der Waals surface area contributed by atoms with Gasteiger partial charge in [-0.15, -0.1) is 0 Å². The van der Waals surface area contributed by atoms with Crippen LogP contribution >= 0.6 is 11.6 Å². The number of ether oxygens (including phenoxy) is 1. The molecule has 0 aromatic heterocycles. The monoisotopic (exact) mass is 209 g/mol. The second-order valence-electron chi connectivity index (χ2n) is 4.21. The van der Waals surface area contributed by atoms with Crippen molar-refractivity contribution in [2.75, 3.05) is 6.61 Å². The first-order valence-electron chi connectivity index (χ1n) is 4.91. The Bertz CT molecular complexity index is 393. The molecular weight excluding hydrogens is 198 g/mol. The third-order valence-electron chi connectivity index (χ3n) is 3.42. The van der Waals surface area contributed by atoms with Gasteiger partial charge >= 0.3 is 0 Å². The maximum absolute atomic E-state index is 6.00. The lowest BCUT2D eigenvalue weighted by molar-refractivity contribution is 0.258. The molecule has 74 valence electrons. The highest BCUT2D eigenvalue weighted by molar-refractivity contribution is 6.30. The van der Waals surface area contributed by atoms with Gasteiger partial charge in [0.15, 0.2) is 0 Å². The van der Waals surface area contributed by atoms with Crippen molar-refractivity contribution in [3.05, 3.63) is 28.8 Å². The topological polar surface area (TPSA) is 35.2 Å². The third kappa shape index (κ3) is 1.01. The normalized spacial score (nSPS) is 33.7. The number of rotatable bonds is 0. The highest BCUT2D eigenvalue weighted by Gasteiger charge is 2.55. The van der Waals surface area contributed by atoms with Crippen LogP contribution in [0.5, 0.6) is 5.75 Å². The van der Waals surface area contributed by atoms with Gasteiger partial charge in [0, 0.05) is 22.0 Å². The van der Waals surface area contributed by atoms with Crippen LogP contribution in [-0.4, -0.2) is 12.6 Å². The van der Waals surface area contributed by atoms with Crippen LogP contribution < -0.4 is 10.5 Å². The number of nitrogens with two attached hydrogens (primary N) is 1. The highest BCUT2D eigenvalue weighted by atomic mass is 35.5. The summed E-state index contributed by atoms with van der Waals surface area (Å²) in [6.07, 6.45) is 2.10. The van der Waals surface area contributed by atoms with Crippen molar-refractivity contribution in [1.82, 2.24) is 0 Å². The van der Waals surface area contributed by atoms with Crippen molar-refractivity contribution < 1.29 is 4.74 Å². The van der Waals surface area contributed by atoms with E-state index in [0.29, 0.717) is 6.04 Å². The van der Waals surface area contributed by atoms with E-state index in [-0.39, 0.29) is 5.41 Å². The fourth-order valence-corrected chi connectivity index (χ4v) is 2.60. The Morgan fingerprint density at radius 2 is 2.29 bits per heavy atom. The van der Waals surface area contributed by atoms with Gasteiger partial charge in [-0.3, -0.25) is 0 Å². The second kappa shape index (κ2) is 2.65. The summed E-state index contributed by atoms with van der Waals surface area (Å²) < 4.78 is 5.59. The van der Waals surface area contributed by atoms with Crippen LogP contribution in [0.15, 0.2) is 18.2 Å². The maximum Gasteiger partial charge on any atom is 0.123 e. The van der Waals surface area contributed by atoms with Gasteiger partial charge in [-0.1, -0.05) is 11.6 Å². The number of halogens is 1. The van der Waals surface area contributed by atoms with E-state index >= 15 is 0 Å². The van der Waals surface area contributed by atoms with Crippen molar-refractivity contribution in [2.24, 2.45) is 5.73 Å². The quantitative estimate of drug-likeness (QED) is 0.710. The number of fused-ring (bicyclic) bond motifs is 2. The van der Waals surface area contributed by atoms with Crippen molar-refractivity contribution >= 4 is 11.6 Å². The largest absolute Gasteiger partial charge is 0.493 e. The lowest BCUT2D eigenvalue weighted by atomic mass is 9.89. The van der Waals surface area contributed by atoms with E-state index in [1.54, 1.807) is 0 Å². The van der Waals surface area contributed by atoms with Gasteiger partial charge in [0.25, 0.3) is 0 Å². The molecule has 1 aromatic rings. The Balaban J connectivity index is 2.14. The summed E-state index contributed by atoms with van der Waals surface area (Å²) in [7, 11) is 0. The van der Waals surface area contributed by atoms with E-state index in [0.717, 1.165) is 30.2 Å². The fraction of sp³-hybridized carbons (Fsp3) is 0.455. The minimum atomic E-state index is 0.179. The first-order valence-corrected chi connectivity index (χ1v) is 5.29. The van der Waals surface area contributed by atoms with Crippen LogP contribution in [0.25, 0.3) is 0 Å². The predicted molar refractivity (Wildman–Crippen MR) is 55.8 cm³/mol. The minimum Gasteiger partial charge on any atom is -0.493 e. The fourth-order valence-electron chi connectivity index (χ4n) is 2.43. The molecule has 1 aromatic carbocycles. The van der Waals surface area contributed by atoms with Crippen molar-refractivity contribution in [3.8, 4) is 5.75 Å². The molecule has 2 aliphatic rings. The average molecular weight is 210 g/mol. The molecule has 0 saturated heterocycles. The molecule has 1 spiro atoms. The van der Waals surface area contributed by atoms with Gasteiger partial charge in [-0.25, -0.2) is 0 Å². The average Bonchev–Trinajstić information content (AvgIpc) is 2.80. The highest BCUT2D eigenvalue weighted by Crippen LogP contribution is 2.55. The van der Waals surface area contributed by atoms with E-state index in [1.165, 1.54) is 5.56 Å². The summed E-state index contributed by atoms with van der Waals surface area (Å²) in [5.41, 5.74) is 7.39. The molecule has 14 heavy (non-hydrogen) atoms. The van der Waals surface area contributed by atoms with Gasteiger partial charge in [-0.05, 0) is 31.0 Å². The van der Waals surface area contributed by atoms with Crippen molar-refractivity contribution in [1.29, 1.82) is 0 Å². The number of benzene rings is 1. The van der Waals surface area contributed by atoms with Gasteiger partial charge in [0.05, 0.1) is 6.61 Å². The van der Waals surface area contributed by atoms with Crippen LogP contribution in [-0.2, 0) is 5.41 Å². The van der Waals surface area contributed by atoms with Gasteiger partial charge in [0.1, 0.15) is 5.75 Å². The molecule has 0 bridgehead atoms. The molecule has 1 heterocycles. The van der Waals surface area contributed by atoms with Crippen molar-refractivity contribution in [2.45, 2.75) is 24.3 Å². The SMILES string of the molecule is N[C@H]1C[C@@]12CCOc1ccc(Cl)cc12. The summed E-state index contributed by atoms with van der Waals surface area (Å²) in [6.45, 7) is 0.780. The molecule has 2 atom stereocenters. The summed E-state index contributed by atoms with van der Waals surface area (Å²) in [4.78, 5) is 0. The zero-order chi connectivity index (χ0) is 9.76. The Hall–Kier alpha value is -0.730. The predicted octanol–water partition coefficient (Wildman–Crippen LogP) is 2.09. The van der Waals surface area contributed by atoms with Gasteiger partial charge < -0.3 is 10.5 Å². The molecule has 1 fully saturated rings. The molecule has 1 saturated carbocycles. The molecule has 3 rings (SSSR count). The molecule has 0 amide bonds. The van der Waals surface area contributed by atoms with Crippen molar-refractivity contribution in [3.63, 3.8) is 0 Å². The third-order valence-corrected chi connectivity index (χ3v) is 3.65. The van der Waals surface area contributed by atoms with Gasteiger partial charge in [-0.2, -0.15) is 0 Å². The second-order valence-corrected chi connectivity index (χ2v) is 4.64. The van der Waals surface area contributed by atoms with Crippen LogP contribution in [0.4, 0.5) is 0 Å². The van der Waals surface area contributed by atoms with E-state index in [2.05, 4.69) is 0 Å². The van der Waals surface area contributed by atoms with Crippen LogP contribution in [0.2, 0.25) is 5.02 Å². The summed E-state index contributed by atoms with van der Waals surface area (Å²) in [5.74, 6) is 0.966. The Labute approximate surface area is 88.0 Å². The molecular formula is C11H12ClNO. The lowest BCUT2D eigenvalue weighted by Crippen LogP contribution is -2.26. The standard InChI is InChI=1S/C11H12ClNO/c12-7-1-2-9-8(5-7)11(3-4-14-9)6-10(11)13/h1-2,5,10H,3-4,6,13H2/t10-,11+/m0/s1. The lowest BCUT2D eigenvalue weighted by Gasteiger charge is -2.26. The van der Waals surface area contributed by atoms with E-state index < -0.39 is 0 Å². The number of hydrogen-bond donors (Lipinski definition) is 1. The Morgan fingerprint density at radius 3 is 3.00 bits per heavy atom. The molecule has 2 N–H and O–H groups in total. The maximum atomic E-state index is 6.00. The minimum absolute atomic E-state index is 0.179. The summed E-state index contributed by atoms with van der Waals surface area (Å²) in [6, 6.07) is 6.11. The molecule has 0 unspecified atom stereocenters. The smallest absolute Gasteiger partial charge is 0.123 e.